The van der Waals surface area contributed by atoms with E-state index in [9.17, 15) is 18.0 Å². The molecule has 0 unspecified atom stereocenters. The number of nitrogens with zero attached hydrogens (tertiary/aromatic N) is 2. The molecular weight excluding hydrogens is 650 g/mol. The van der Waals surface area contributed by atoms with E-state index >= 15 is 0 Å². The molecule has 0 heterocycles. The van der Waals surface area contributed by atoms with Gasteiger partial charge in [0.25, 0.3) is 10.0 Å². The molecular formula is C37H42ClN3O6S. The molecule has 0 spiro atoms. The zero-order valence-electron chi connectivity index (χ0n) is 27.7. The normalized spacial score (nSPS) is 11.8. The van der Waals surface area contributed by atoms with Gasteiger partial charge in [-0.05, 0) is 66.9 Å². The highest BCUT2D eigenvalue weighted by molar-refractivity contribution is 7.92. The van der Waals surface area contributed by atoms with Gasteiger partial charge in [0.15, 0.2) is 0 Å². The second kappa shape index (κ2) is 17.0. The van der Waals surface area contributed by atoms with Crippen molar-refractivity contribution in [3.8, 4) is 11.5 Å². The summed E-state index contributed by atoms with van der Waals surface area (Å²) in [7, 11) is -1.27. The molecule has 254 valence electrons. The van der Waals surface area contributed by atoms with Gasteiger partial charge in [-0.3, -0.25) is 13.9 Å². The summed E-state index contributed by atoms with van der Waals surface area (Å²) >= 11 is 6.46. The van der Waals surface area contributed by atoms with Crippen molar-refractivity contribution in [3.05, 3.63) is 119 Å². The Morgan fingerprint density at radius 2 is 1.58 bits per heavy atom. The van der Waals surface area contributed by atoms with E-state index in [-0.39, 0.29) is 34.5 Å². The fraction of sp³-hybridized carbons (Fsp3) is 0.297. The molecule has 4 rings (SSSR count). The first-order valence-corrected chi connectivity index (χ1v) is 17.6. The van der Waals surface area contributed by atoms with Crippen molar-refractivity contribution in [2.45, 2.75) is 50.6 Å². The van der Waals surface area contributed by atoms with Gasteiger partial charge in [-0.2, -0.15) is 0 Å². The minimum Gasteiger partial charge on any atom is -0.497 e. The third-order valence-corrected chi connectivity index (χ3v) is 9.98. The summed E-state index contributed by atoms with van der Waals surface area (Å²) in [6.07, 6.45) is 1.87. The molecule has 11 heteroatoms. The van der Waals surface area contributed by atoms with Gasteiger partial charge >= 0.3 is 0 Å². The number of carbonyl (C=O) groups excluding carboxylic acids is 2. The highest BCUT2D eigenvalue weighted by Gasteiger charge is 2.35. The summed E-state index contributed by atoms with van der Waals surface area (Å²) in [5.74, 6) is 0.0325. The molecule has 0 aromatic heterocycles. The Balaban J connectivity index is 1.82. The first-order chi connectivity index (χ1) is 23.1. The van der Waals surface area contributed by atoms with Crippen LogP contribution >= 0.6 is 11.6 Å². The molecule has 0 aliphatic carbocycles. The fourth-order valence-corrected chi connectivity index (χ4v) is 6.86. The van der Waals surface area contributed by atoms with Gasteiger partial charge in [0.2, 0.25) is 11.8 Å². The van der Waals surface area contributed by atoms with E-state index in [2.05, 4.69) is 5.32 Å². The van der Waals surface area contributed by atoms with Gasteiger partial charge in [-0.1, -0.05) is 85.1 Å². The van der Waals surface area contributed by atoms with Gasteiger partial charge in [0, 0.05) is 19.5 Å². The minimum atomic E-state index is -4.28. The van der Waals surface area contributed by atoms with Crippen molar-refractivity contribution < 1.29 is 27.5 Å². The molecule has 9 nitrogen and oxygen atoms in total. The smallest absolute Gasteiger partial charge is 0.264 e. The van der Waals surface area contributed by atoms with Crippen LogP contribution in [0.4, 0.5) is 5.69 Å². The second-order valence-corrected chi connectivity index (χ2v) is 13.6. The van der Waals surface area contributed by atoms with Crippen LogP contribution in [0.25, 0.3) is 0 Å². The molecule has 4 aromatic carbocycles. The van der Waals surface area contributed by atoms with Crippen LogP contribution in [0, 0.1) is 6.92 Å². The van der Waals surface area contributed by atoms with Crippen LogP contribution in [0.5, 0.6) is 11.5 Å². The number of anilines is 1. The van der Waals surface area contributed by atoms with Gasteiger partial charge in [0.1, 0.15) is 24.1 Å². The SMILES string of the molecule is CCCCNC(=O)[C@H](Cc1ccccc1)N(Cc1cccc(OC)c1)C(=O)CN(c1ccc(OC)c(Cl)c1)S(=O)(=O)c1ccc(C)cc1. The van der Waals surface area contributed by atoms with Crippen molar-refractivity contribution in [2.24, 2.45) is 0 Å². The maximum Gasteiger partial charge on any atom is 0.264 e. The van der Waals surface area contributed by atoms with E-state index in [4.69, 9.17) is 21.1 Å². The Hall–Kier alpha value is -4.54. The fourth-order valence-electron chi connectivity index (χ4n) is 5.20. The molecule has 2 amide bonds. The predicted molar refractivity (Wildman–Crippen MR) is 189 cm³/mol. The number of rotatable bonds is 16. The average molecular weight is 692 g/mol. The van der Waals surface area contributed by atoms with Crippen molar-refractivity contribution in [1.82, 2.24) is 10.2 Å². The Bertz CT molecular complexity index is 1780. The van der Waals surface area contributed by atoms with E-state index in [0.717, 1.165) is 28.3 Å². The van der Waals surface area contributed by atoms with Crippen molar-refractivity contribution in [3.63, 3.8) is 0 Å². The topological polar surface area (TPSA) is 105 Å². The lowest BCUT2D eigenvalue weighted by Gasteiger charge is -2.34. The lowest BCUT2D eigenvalue weighted by Crippen LogP contribution is -2.53. The Morgan fingerprint density at radius 3 is 2.23 bits per heavy atom. The number of unbranched alkanes of at least 4 members (excludes halogenated alkanes) is 1. The van der Waals surface area contributed by atoms with Gasteiger partial charge < -0.3 is 19.7 Å². The summed E-state index contributed by atoms with van der Waals surface area (Å²) in [5, 5.41) is 3.17. The molecule has 0 saturated carbocycles. The molecule has 0 radical (unpaired) electrons. The van der Waals surface area contributed by atoms with Crippen molar-refractivity contribution in [2.75, 3.05) is 31.6 Å². The Kier molecular flexibility index (Phi) is 12.9. The number of benzene rings is 4. The van der Waals surface area contributed by atoms with Crippen LogP contribution < -0.4 is 19.1 Å². The average Bonchev–Trinajstić information content (AvgIpc) is 3.09. The number of nitrogens with one attached hydrogen (secondary N) is 1. The van der Waals surface area contributed by atoms with Crippen LogP contribution in [0.2, 0.25) is 5.02 Å². The molecule has 0 aliphatic rings. The second-order valence-electron chi connectivity index (χ2n) is 11.4. The predicted octanol–water partition coefficient (Wildman–Crippen LogP) is 6.42. The van der Waals surface area contributed by atoms with Gasteiger partial charge in [-0.25, -0.2) is 8.42 Å². The van der Waals surface area contributed by atoms with E-state index in [1.165, 1.54) is 36.3 Å². The minimum absolute atomic E-state index is 0.00494. The molecule has 1 N–H and O–H groups in total. The maximum atomic E-state index is 14.6. The lowest BCUT2D eigenvalue weighted by atomic mass is 10.0. The van der Waals surface area contributed by atoms with Crippen molar-refractivity contribution in [1.29, 1.82) is 0 Å². The molecule has 0 saturated heterocycles. The van der Waals surface area contributed by atoms with Gasteiger partial charge in [-0.15, -0.1) is 0 Å². The molecule has 48 heavy (non-hydrogen) atoms. The van der Waals surface area contributed by atoms with E-state index in [1.807, 2.05) is 50.2 Å². The van der Waals surface area contributed by atoms with Gasteiger partial charge in [0.05, 0.1) is 29.8 Å². The standard InChI is InChI=1S/C37H42ClN3O6S/c1-5-6-21-39-37(43)34(23-28-11-8-7-9-12-28)40(25-29-13-10-14-31(22-29)46-3)36(42)26-41(30-17-20-35(47-4)33(38)24-30)48(44,45)32-18-15-27(2)16-19-32/h7-20,22,24,34H,5-6,21,23,25-26H2,1-4H3,(H,39,43)/t34-/m0/s1. The molecule has 0 aliphatic heterocycles. The molecule has 0 fully saturated rings. The van der Waals surface area contributed by atoms with E-state index in [1.54, 1.807) is 43.5 Å². The largest absolute Gasteiger partial charge is 0.497 e. The highest BCUT2D eigenvalue weighted by Crippen LogP contribution is 2.32. The Morgan fingerprint density at radius 1 is 0.875 bits per heavy atom. The number of hydrogen-bond donors (Lipinski definition) is 1. The number of halogens is 1. The number of aryl methyl sites for hydroxylation is 1. The quantitative estimate of drug-likeness (QED) is 0.136. The third-order valence-electron chi connectivity index (χ3n) is 7.90. The zero-order chi connectivity index (χ0) is 34.7. The number of hydrogen-bond acceptors (Lipinski definition) is 6. The van der Waals surface area contributed by atoms with Crippen LogP contribution in [0.1, 0.15) is 36.5 Å². The number of amides is 2. The molecule has 4 aromatic rings. The molecule has 1 atom stereocenters. The van der Waals surface area contributed by atoms with Crippen LogP contribution in [0.15, 0.2) is 102 Å². The third kappa shape index (κ3) is 9.29. The monoisotopic (exact) mass is 691 g/mol. The lowest BCUT2D eigenvalue weighted by molar-refractivity contribution is -0.140. The van der Waals surface area contributed by atoms with Crippen LogP contribution in [-0.2, 0) is 32.6 Å². The first-order valence-electron chi connectivity index (χ1n) is 15.7. The zero-order valence-corrected chi connectivity index (χ0v) is 29.3. The first kappa shape index (κ1) is 36.3. The molecule has 0 bridgehead atoms. The summed E-state index contributed by atoms with van der Waals surface area (Å²) in [6.45, 7) is 3.75. The summed E-state index contributed by atoms with van der Waals surface area (Å²) in [5.41, 5.74) is 2.61. The van der Waals surface area contributed by atoms with Crippen molar-refractivity contribution >= 4 is 39.1 Å². The highest BCUT2D eigenvalue weighted by atomic mass is 35.5. The van der Waals surface area contributed by atoms with E-state index < -0.39 is 28.5 Å². The number of sulfonamides is 1. The van der Waals surface area contributed by atoms with Crippen LogP contribution in [-0.4, -0.2) is 58.5 Å². The maximum absolute atomic E-state index is 14.6. The number of methoxy groups -OCH3 is 2. The summed E-state index contributed by atoms with van der Waals surface area (Å²) in [6, 6.07) is 26.6. The number of ether oxygens (including phenoxy) is 2. The number of carbonyl (C=O) groups is 2. The Labute approximate surface area is 288 Å². The van der Waals surface area contributed by atoms with Crippen LogP contribution in [0.3, 0.4) is 0 Å². The van der Waals surface area contributed by atoms with E-state index in [0.29, 0.717) is 23.6 Å². The summed E-state index contributed by atoms with van der Waals surface area (Å²) < 4.78 is 40.3. The summed E-state index contributed by atoms with van der Waals surface area (Å²) in [4.78, 5) is 30.0.